The number of aromatic nitrogens is 1. The third kappa shape index (κ3) is 4.71. The van der Waals surface area contributed by atoms with Gasteiger partial charge in [0.15, 0.2) is 5.11 Å². The summed E-state index contributed by atoms with van der Waals surface area (Å²) in [5, 5.41) is 5.88. The number of pyridine rings is 1. The summed E-state index contributed by atoms with van der Waals surface area (Å²) in [6.45, 7) is 0.443. The predicted molar refractivity (Wildman–Crippen MR) is 78.7 cm³/mol. The lowest BCUT2D eigenvalue weighted by atomic mass is 10.2. The fourth-order valence-corrected chi connectivity index (χ4v) is 1.82. The predicted octanol–water partition coefficient (Wildman–Crippen LogP) is 3.59. The van der Waals surface area contributed by atoms with Gasteiger partial charge in [-0.05, 0) is 42.0 Å². The molecule has 0 saturated heterocycles. The molecule has 0 aliphatic heterocycles. The minimum absolute atomic E-state index is 0.248. The Labute approximate surface area is 125 Å². The molecule has 0 spiro atoms. The standard InChI is InChI=1S/C14H12F3N3S/c15-14(16,17)11-4-1-5-12(7-11)20-13(21)19-9-10-3-2-6-18-8-10/h1-8H,9H2,(H2,19,20,21). The summed E-state index contributed by atoms with van der Waals surface area (Å²) in [6, 6.07) is 8.53. The van der Waals surface area contributed by atoms with E-state index in [0.717, 1.165) is 17.7 Å². The van der Waals surface area contributed by atoms with E-state index in [0.29, 0.717) is 6.54 Å². The monoisotopic (exact) mass is 311 g/mol. The smallest absolute Gasteiger partial charge is 0.358 e. The van der Waals surface area contributed by atoms with Crippen LogP contribution < -0.4 is 10.6 Å². The van der Waals surface area contributed by atoms with Crippen molar-refractivity contribution in [1.29, 1.82) is 0 Å². The van der Waals surface area contributed by atoms with Gasteiger partial charge in [-0.3, -0.25) is 4.98 Å². The summed E-state index contributed by atoms with van der Waals surface area (Å²) in [6.07, 6.45) is -1.04. The van der Waals surface area contributed by atoms with Crippen LogP contribution in [0.3, 0.4) is 0 Å². The zero-order valence-electron chi connectivity index (χ0n) is 10.8. The number of benzene rings is 1. The normalized spacial score (nSPS) is 11.0. The molecule has 0 radical (unpaired) electrons. The van der Waals surface area contributed by atoms with E-state index in [4.69, 9.17) is 12.2 Å². The van der Waals surface area contributed by atoms with Crippen LogP contribution >= 0.6 is 12.2 Å². The second kappa shape index (κ2) is 6.53. The molecule has 21 heavy (non-hydrogen) atoms. The van der Waals surface area contributed by atoms with Crippen molar-refractivity contribution in [3.05, 3.63) is 59.9 Å². The van der Waals surface area contributed by atoms with E-state index >= 15 is 0 Å². The van der Waals surface area contributed by atoms with E-state index in [9.17, 15) is 13.2 Å². The van der Waals surface area contributed by atoms with Crippen LogP contribution in [0.2, 0.25) is 0 Å². The molecular formula is C14H12F3N3S. The van der Waals surface area contributed by atoms with Gasteiger partial charge in [-0.1, -0.05) is 12.1 Å². The van der Waals surface area contributed by atoms with Crippen molar-refractivity contribution in [1.82, 2.24) is 10.3 Å². The Kier molecular flexibility index (Phi) is 4.74. The maximum absolute atomic E-state index is 12.6. The third-order valence-corrected chi connectivity index (χ3v) is 2.87. The molecule has 0 aliphatic carbocycles. The number of alkyl halides is 3. The molecule has 0 saturated carbocycles. The van der Waals surface area contributed by atoms with Crippen molar-refractivity contribution < 1.29 is 13.2 Å². The molecule has 1 heterocycles. The number of anilines is 1. The Bertz CT molecular complexity index is 614. The first-order chi connectivity index (χ1) is 9.95. The Hall–Kier alpha value is -2.15. The molecule has 3 nitrogen and oxygen atoms in total. The first kappa shape index (κ1) is 15.2. The van der Waals surface area contributed by atoms with Gasteiger partial charge in [-0.25, -0.2) is 0 Å². The second-order valence-corrected chi connectivity index (χ2v) is 4.66. The van der Waals surface area contributed by atoms with E-state index in [1.54, 1.807) is 18.5 Å². The topological polar surface area (TPSA) is 37.0 Å². The van der Waals surface area contributed by atoms with Crippen molar-refractivity contribution >= 4 is 23.0 Å². The Morgan fingerprint density at radius 1 is 1.19 bits per heavy atom. The Morgan fingerprint density at radius 3 is 2.67 bits per heavy atom. The lowest BCUT2D eigenvalue weighted by molar-refractivity contribution is -0.137. The number of halogens is 3. The maximum atomic E-state index is 12.6. The van der Waals surface area contributed by atoms with Crippen molar-refractivity contribution in [2.75, 3.05) is 5.32 Å². The number of hydrogen-bond donors (Lipinski definition) is 2. The van der Waals surface area contributed by atoms with Gasteiger partial charge in [-0.15, -0.1) is 0 Å². The molecule has 0 unspecified atom stereocenters. The fraction of sp³-hybridized carbons (Fsp3) is 0.143. The average molecular weight is 311 g/mol. The number of rotatable bonds is 3. The number of nitrogens with one attached hydrogen (secondary N) is 2. The van der Waals surface area contributed by atoms with Crippen LogP contribution in [0.4, 0.5) is 18.9 Å². The van der Waals surface area contributed by atoms with Gasteiger partial charge in [0.2, 0.25) is 0 Å². The van der Waals surface area contributed by atoms with Gasteiger partial charge in [0.25, 0.3) is 0 Å². The van der Waals surface area contributed by atoms with Crippen LogP contribution in [-0.2, 0) is 12.7 Å². The molecule has 2 N–H and O–H groups in total. The third-order valence-electron chi connectivity index (χ3n) is 2.62. The van der Waals surface area contributed by atoms with Crippen LogP contribution in [0.25, 0.3) is 0 Å². The molecule has 7 heteroatoms. The summed E-state index contributed by atoms with van der Waals surface area (Å²) >= 11 is 5.05. The lowest BCUT2D eigenvalue weighted by Gasteiger charge is -2.12. The van der Waals surface area contributed by atoms with Gasteiger partial charge >= 0.3 is 6.18 Å². The zero-order valence-corrected chi connectivity index (χ0v) is 11.6. The molecular weight excluding hydrogens is 299 g/mol. The van der Waals surface area contributed by atoms with Gasteiger partial charge in [0.1, 0.15) is 0 Å². The second-order valence-electron chi connectivity index (χ2n) is 4.25. The van der Waals surface area contributed by atoms with Crippen LogP contribution in [-0.4, -0.2) is 10.1 Å². The van der Waals surface area contributed by atoms with E-state index in [1.807, 2.05) is 6.07 Å². The summed E-state index contributed by atoms with van der Waals surface area (Å²) in [4.78, 5) is 3.96. The Morgan fingerprint density at radius 2 is 2.00 bits per heavy atom. The summed E-state index contributed by atoms with van der Waals surface area (Å²) in [5.41, 5.74) is 0.488. The van der Waals surface area contributed by atoms with E-state index in [2.05, 4.69) is 15.6 Å². The molecule has 1 aromatic carbocycles. The number of thiocarbonyl (C=S) groups is 1. The van der Waals surface area contributed by atoms with Crippen LogP contribution in [0.5, 0.6) is 0 Å². The fourth-order valence-electron chi connectivity index (χ4n) is 1.63. The van der Waals surface area contributed by atoms with E-state index in [-0.39, 0.29) is 10.8 Å². The van der Waals surface area contributed by atoms with Gasteiger partial charge in [-0.2, -0.15) is 13.2 Å². The van der Waals surface area contributed by atoms with Crippen molar-refractivity contribution in [2.45, 2.75) is 12.7 Å². The highest BCUT2D eigenvalue weighted by Gasteiger charge is 2.30. The minimum atomic E-state index is -4.37. The van der Waals surface area contributed by atoms with Crippen molar-refractivity contribution in [2.24, 2.45) is 0 Å². The van der Waals surface area contributed by atoms with Gasteiger partial charge < -0.3 is 10.6 Å². The van der Waals surface area contributed by atoms with Crippen LogP contribution in [0, 0.1) is 0 Å². The van der Waals surface area contributed by atoms with E-state index in [1.165, 1.54) is 12.1 Å². The highest BCUT2D eigenvalue weighted by molar-refractivity contribution is 7.80. The number of hydrogen-bond acceptors (Lipinski definition) is 2. The summed E-state index contributed by atoms with van der Waals surface area (Å²) in [7, 11) is 0. The average Bonchev–Trinajstić information content (AvgIpc) is 2.46. The molecule has 2 rings (SSSR count). The van der Waals surface area contributed by atoms with E-state index < -0.39 is 11.7 Å². The van der Waals surface area contributed by atoms with Crippen LogP contribution in [0.1, 0.15) is 11.1 Å². The Balaban J connectivity index is 1.94. The number of nitrogens with zero attached hydrogens (tertiary/aromatic N) is 1. The molecule has 110 valence electrons. The highest BCUT2D eigenvalue weighted by Crippen LogP contribution is 2.30. The summed E-state index contributed by atoms with van der Waals surface area (Å²) < 4.78 is 37.8. The van der Waals surface area contributed by atoms with Crippen LogP contribution in [0.15, 0.2) is 48.8 Å². The molecule has 0 atom stereocenters. The maximum Gasteiger partial charge on any atom is 0.416 e. The largest absolute Gasteiger partial charge is 0.416 e. The lowest BCUT2D eigenvalue weighted by Crippen LogP contribution is -2.28. The van der Waals surface area contributed by atoms with Crippen molar-refractivity contribution in [3.63, 3.8) is 0 Å². The molecule has 2 aromatic rings. The molecule has 0 aliphatic rings. The highest BCUT2D eigenvalue weighted by atomic mass is 32.1. The van der Waals surface area contributed by atoms with Gasteiger partial charge in [0.05, 0.1) is 5.56 Å². The quantitative estimate of drug-likeness (QED) is 0.850. The van der Waals surface area contributed by atoms with Crippen molar-refractivity contribution in [3.8, 4) is 0 Å². The summed E-state index contributed by atoms with van der Waals surface area (Å²) in [5.74, 6) is 0. The molecule has 1 aromatic heterocycles. The SMILES string of the molecule is FC(F)(F)c1cccc(NC(=S)NCc2cccnc2)c1. The first-order valence-electron chi connectivity index (χ1n) is 6.06. The molecule has 0 fully saturated rings. The minimum Gasteiger partial charge on any atom is -0.358 e. The molecule has 0 bridgehead atoms. The first-order valence-corrected chi connectivity index (χ1v) is 6.47. The zero-order chi connectivity index (χ0) is 15.3. The molecule has 0 amide bonds. The van der Waals surface area contributed by atoms with Gasteiger partial charge in [0, 0.05) is 24.6 Å².